The summed E-state index contributed by atoms with van der Waals surface area (Å²) in [6.45, 7) is 4.85. The fourth-order valence-corrected chi connectivity index (χ4v) is 2.46. The van der Waals surface area contributed by atoms with Crippen LogP contribution in [0.2, 0.25) is 0 Å². The topological polar surface area (TPSA) is 101 Å². The van der Waals surface area contributed by atoms with E-state index in [1.54, 1.807) is 4.90 Å². The van der Waals surface area contributed by atoms with Crippen LogP contribution in [0.15, 0.2) is 23.1 Å². The number of nitro benzene ring substituents is 1. The summed E-state index contributed by atoms with van der Waals surface area (Å²) in [4.78, 5) is 11.9. The highest BCUT2D eigenvalue weighted by Crippen LogP contribution is 2.30. The number of hydrogen-bond acceptors (Lipinski definition) is 6. The van der Waals surface area contributed by atoms with Crippen molar-refractivity contribution in [3.05, 3.63) is 28.3 Å². The molecule has 1 N–H and O–H groups in total. The minimum absolute atomic E-state index is 0.252. The zero-order valence-corrected chi connectivity index (χ0v) is 11.6. The van der Waals surface area contributed by atoms with E-state index in [2.05, 4.69) is 0 Å². The average molecular weight is 288 g/mol. The second-order valence-electron chi connectivity index (χ2n) is 3.82. The van der Waals surface area contributed by atoms with Gasteiger partial charge in [-0.3, -0.25) is 10.1 Å². The van der Waals surface area contributed by atoms with Crippen molar-refractivity contribution in [2.75, 3.05) is 23.9 Å². The Morgan fingerprint density at radius 2 is 1.89 bits per heavy atom. The molecule has 0 heterocycles. The lowest BCUT2D eigenvalue weighted by Crippen LogP contribution is -2.23. The van der Waals surface area contributed by atoms with E-state index in [-0.39, 0.29) is 10.6 Å². The Labute approximate surface area is 111 Å². The first-order valence-electron chi connectivity index (χ1n) is 5.74. The number of hydrogen-bond donors (Lipinski definition) is 1. The van der Waals surface area contributed by atoms with E-state index in [1.165, 1.54) is 12.1 Å². The molecule has 0 spiro atoms. The van der Waals surface area contributed by atoms with Gasteiger partial charge in [0.05, 0.1) is 9.82 Å². The fraction of sp³-hybridized carbons (Fsp3) is 0.455. The van der Waals surface area contributed by atoms with Crippen LogP contribution in [0.1, 0.15) is 13.8 Å². The first-order valence-corrected chi connectivity index (χ1v) is 7.39. The molecule has 0 fully saturated rings. The molecule has 1 aromatic carbocycles. The summed E-state index contributed by atoms with van der Waals surface area (Å²) < 4.78 is 23.0. The van der Waals surface area contributed by atoms with Crippen molar-refractivity contribution < 1.29 is 18.4 Å². The predicted octanol–water partition coefficient (Wildman–Crippen LogP) is 1.16. The summed E-state index contributed by atoms with van der Waals surface area (Å²) in [5, 5.41) is 19.8. The van der Waals surface area contributed by atoms with Gasteiger partial charge < -0.3 is 10.0 Å². The number of nitrogens with zero attached hydrogens (tertiary/aromatic N) is 2. The number of rotatable bonds is 6. The molecule has 0 aliphatic carbocycles. The largest absolute Gasteiger partial charge is 0.380 e. The van der Waals surface area contributed by atoms with Gasteiger partial charge in [0.25, 0.3) is 5.69 Å². The summed E-state index contributed by atoms with van der Waals surface area (Å²) in [7, 11) is -3.88. The molecule has 19 heavy (non-hydrogen) atoms. The molecule has 0 aliphatic heterocycles. The number of nitro groups is 1. The van der Waals surface area contributed by atoms with Gasteiger partial charge in [0.15, 0.2) is 0 Å². The molecule has 0 radical (unpaired) electrons. The molecular weight excluding hydrogens is 272 g/mol. The van der Waals surface area contributed by atoms with Gasteiger partial charge >= 0.3 is 0 Å². The molecule has 1 aromatic rings. The molecule has 1 rings (SSSR count). The van der Waals surface area contributed by atoms with Gasteiger partial charge in [-0.25, -0.2) is 8.42 Å². The number of aliphatic hydroxyl groups excluding tert-OH is 1. The van der Waals surface area contributed by atoms with Crippen molar-refractivity contribution in [1.29, 1.82) is 0 Å². The van der Waals surface area contributed by atoms with Crippen LogP contribution in [0, 0.1) is 10.1 Å². The maximum Gasteiger partial charge on any atom is 0.293 e. The van der Waals surface area contributed by atoms with Crippen LogP contribution >= 0.6 is 0 Å². The fourth-order valence-electron chi connectivity index (χ4n) is 1.75. The molecule has 0 amide bonds. The SMILES string of the molecule is CCN(CC)c1ccc(S(=O)(=O)CO)cc1[N+](=O)[O-]. The van der Waals surface area contributed by atoms with E-state index < -0.39 is 20.7 Å². The smallest absolute Gasteiger partial charge is 0.293 e. The zero-order valence-electron chi connectivity index (χ0n) is 10.7. The van der Waals surface area contributed by atoms with Crippen molar-refractivity contribution in [2.45, 2.75) is 18.7 Å². The Morgan fingerprint density at radius 3 is 2.32 bits per heavy atom. The first-order chi connectivity index (χ1) is 8.87. The van der Waals surface area contributed by atoms with Gasteiger partial charge in [-0.1, -0.05) is 0 Å². The molecule has 8 heteroatoms. The van der Waals surface area contributed by atoms with Crippen molar-refractivity contribution in [2.24, 2.45) is 0 Å². The van der Waals surface area contributed by atoms with Crippen LogP contribution in [0.3, 0.4) is 0 Å². The summed E-state index contributed by atoms with van der Waals surface area (Å²) in [6, 6.07) is 3.65. The number of benzene rings is 1. The summed E-state index contributed by atoms with van der Waals surface area (Å²) >= 11 is 0. The summed E-state index contributed by atoms with van der Waals surface area (Å²) in [5.41, 5.74) is 0.0881. The minimum atomic E-state index is -3.88. The number of anilines is 1. The highest BCUT2D eigenvalue weighted by Gasteiger charge is 2.22. The molecule has 0 unspecified atom stereocenters. The normalized spacial score (nSPS) is 11.3. The lowest BCUT2D eigenvalue weighted by Gasteiger charge is -2.20. The first kappa shape index (κ1) is 15.4. The van der Waals surface area contributed by atoms with Crippen LogP contribution in [0.25, 0.3) is 0 Å². The van der Waals surface area contributed by atoms with Crippen molar-refractivity contribution in [3.63, 3.8) is 0 Å². The molecule has 0 saturated heterocycles. The quantitative estimate of drug-likeness (QED) is 0.622. The second kappa shape index (κ2) is 5.98. The van der Waals surface area contributed by atoms with Crippen molar-refractivity contribution >= 4 is 21.2 Å². The van der Waals surface area contributed by atoms with Gasteiger partial charge in [-0.2, -0.15) is 0 Å². The number of sulfone groups is 1. The van der Waals surface area contributed by atoms with Gasteiger partial charge in [0, 0.05) is 19.2 Å². The molecule has 0 aromatic heterocycles. The Hall–Kier alpha value is -1.67. The second-order valence-corrected chi connectivity index (χ2v) is 5.78. The van der Waals surface area contributed by atoms with Crippen LogP contribution in [-0.4, -0.2) is 37.5 Å². The van der Waals surface area contributed by atoms with E-state index in [1.807, 2.05) is 13.8 Å². The van der Waals surface area contributed by atoms with Crippen LogP contribution in [0.4, 0.5) is 11.4 Å². The Balaban J connectivity index is 3.42. The van der Waals surface area contributed by atoms with E-state index >= 15 is 0 Å². The summed E-state index contributed by atoms with van der Waals surface area (Å²) in [5.74, 6) is -1.07. The Morgan fingerprint density at radius 1 is 1.32 bits per heavy atom. The molecule has 106 valence electrons. The standard InChI is InChI=1S/C11H16N2O5S/c1-3-12(4-2)10-6-5-9(19(17,18)8-14)7-11(10)13(15)16/h5-7,14H,3-4,8H2,1-2H3. The highest BCUT2D eigenvalue weighted by molar-refractivity contribution is 7.91. The lowest BCUT2D eigenvalue weighted by atomic mass is 10.2. The van der Waals surface area contributed by atoms with Gasteiger partial charge in [0.1, 0.15) is 11.6 Å². The predicted molar refractivity (Wildman–Crippen MR) is 70.9 cm³/mol. The van der Waals surface area contributed by atoms with Crippen molar-refractivity contribution in [3.8, 4) is 0 Å². The third kappa shape index (κ3) is 3.21. The maximum atomic E-state index is 11.5. The summed E-state index contributed by atoms with van der Waals surface area (Å²) in [6.07, 6.45) is 0. The molecule has 0 saturated carbocycles. The third-order valence-corrected chi connectivity index (χ3v) is 4.09. The Kier molecular flexibility index (Phi) is 4.84. The molecular formula is C11H16N2O5S. The highest BCUT2D eigenvalue weighted by atomic mass is 32.2. The van der Waals surface area contributed by atoms with Gasteiger partial charge in [-0.05, 0) is 26.0 Å². The van der Waals surface area contributed by atoms with Gasteiger partial charge in [-0.15, -0.1) is 0 Å². The van der Waals surface area contributed by atoms with E-state index in [0.29, 0.717) is 18.8 Å². The van der Waals surface area contributed by atoms with Crippen LogP contribution in [-0.2, 0) is 9.84 Å². The van der Waals surface area contributed by atoms with Crippen molar-refractivity contribution in [1.82, 2.24) is 0 Å². The van der Waals surface area contributed by atoms with E-state index in [0.717, 1.165) is 6.07 Å². The lowest BCUT2D eigenvalue weighted by molar-refractivity contribution is -0.384. The Bertz CT molecular complexity index is 566. The van der Waals surface area contributed by atoms with Crippen LogP contribution < -0.4 is 4.90 Å². The average Bonchev–Trinajstić information content (AvgIpc) is 2.40. The third-order valence-electron chi connectivity index (χ3n) is 2.78. The molecule has 0 bridgehead atoms. The monoisotopic (exact) mass is 288 g/mol. The van der Waals surface area contributed by atoms with Gasteiger partial charge in [0.2, 0.25) is 9.84 Å². The van der Waals surface area contributed by atoms with E-state index in [9.17, 15) is 18.5 Å². The minimum Gasteiger partial charge on any atom is -0.380 e. The van der Waals surface area contributed by atoms with Crippen LogP contribution in [0.5, 0.6) is 0 Å². The molecule has 0 atom stereocenters. The molecule has 7 nitrogen and oxygen atoms in total. The van der Waals surface area contributed by atoms with E-state index in [4.69, 9.17) is 5.11 Å². The zero-order chi connectivity index (χ0) is 14.6. The number of aliphatic hydroxyl groups is 1. The maximum absolute atomic E-state index is 11.5. The molecule has 0 aliphatic rings.